The van der Waals surface area contributed by atoms with E-state index in [2.05, 4.69) is 22.4 Å². The van der Waals surface area contributed by atoms with Crippen molar-refractivity contribution < 1.29 is 9.53 Å². The van der Waals surface area contributed by atoms with E-state index in [4.69, 9.17) is 4.74 Å². The maximum Gasteiger partial charge on any atom is 0.410 e. The zero-order valence-electron chi connectivity index (χ0n) is 13.9. The molecular formula is C18H23N3O2. The summed E-state index contributed by atoms with van der Waals surface area (Å²) in [6.45, 7) is 7.06. The number of nitrogens with one attached hydrogen (secondary N) is 1. The Kier molecular flexibility index (Phi) is 4.11. The number of carbonyl (C=O) groups is 1. The van der Waals surface area contributed by atoms with E-state index in [1.165, 1.54) is 0 Å². The summed E-state index contributed by atoms with van der Waals surface area (Å²) in [5.41, 5.74) is 1.59. The summed E-state index contributed by atoms with van der Waals surface area (Å²) in [7, 11) is 0. The minimum atomic E-state index is -0.450. The summed E-state index contributed by atoms with van der Waals surface area (Å²) in [6, 6.07) is 10.4. The van der Waals surface area contributed by atoms with E-state index in [-0.39, 0.29) is 12.1 Å². The normalized spacial score (nSPS) is 18.2. The number of likely N-dealkylation sites (tertiary alicyclic amines) is 1. The van der Waals surface area contributed by atoms with Crippen molar-refractivity contribution in [3.8, 4) is 0 Å². The molecule has 1 unspecified atom stereocenters. The lowest BCUT2D eigenvalue weighted by molar-refractivity contribution is 0.0293. The van der Waals surface area contributed by atoms with Crippen LogP contribution in [0, 0.1) is 0 Å². The van der Waals surface area contributed by atoms with E-state index < -0.39 is 5.60 Å². The third-order valence-corrected chi connectivity index (χ3v) is 3.81. The molecule has 0 spiro atoms. The van der Waals surface area contributed by atoms with Crippen molar-refractivity contribution in [3.05, 3.63) is 36.5 Å². The number of pyridine rings is 1. The third kappa shape index (κ3) is 3.92. The smallest absolute Gasteiger partial charge is 0.410 e. The fourth-order valence-electron chi connectivity index (χ4n) is 2.77. The number of hydrogen-bond acceptors (Lipinski definition) is 4. The second-order valence-electron chi connectivity index (χ2n) is 6.97. The van der Waals surface area contributed by atoms with Crippen molar-refractivity contribution in [3.63, 3.8) is 0 Å². The summed E-state index contributed by atoms with van der Waals surface area (Å²) in [6.07, 6.45) is 2.49. The van der Waals surface area contributed by atoms with Gasteiger partial charge in [-0.15, -0.1) is 0 Å². The van der Waals surface area contributed by atoms with Crippen molar-refractivity contribution in [1.29, 1.82) is 0 Å². The van der Waals surface area contributed by atoms with Gasteiger partial charge in [0.1, 0.15) is 5.60 Å². The first-order valence-electron chi connectivity index (χ1n) is 8.00. The van der Waals surface area contributed by atoms with Crippen molar-refractivity contribution >= 4 is 22.7 Å². The number of nitrogens with zero attached hydrogens (tertiary/aromatic N) is 2. The molecule has 1 aliphatic heterocycles. The van der Waals surface area contributed by atoms with Crippen LogP contribution in [0.25, 0.3) is 10.9 Å². The third-order valence-electron chi connectivity index (χ3n) is 3.81. The topological polar surface area (TPSA) is 54.5 Å². The number of aromatic nitrogens is 1. The summed E-state index contributed by atoms with van der Waals surface area (Å²) in [5.74, 6) is 0. The zero-order chi connectivity index (χ0) is 16.4. The van der Waals surface area contributed by atoms with Gasteiger partial charge in [-0.1, -0.05) is 6.07 Å². The second-order valence-corrected chi connectivity index (χ2v) is 6.97. The molecule has 23 heavy (non-hydrogen) atoms. The maximum atomic E-state index is 12.1. The van der Waals surface area contributed by atoms with E-state index in [1.54, 1.807) is 11.1 Å². The van der Waals surface area contributed by atoms with Gasteiger partial charge in [0.05, 0.1) is 5.52 Å². The van der Waals surface area contributed by atoms with E-state index in [0.29, 0.717) is 6.54 Å². The molecule has 3 rings (SSSR count). The molecule has 5 nitrogen and oxygen atoms in total. The molecule has 2 heterocycles. The Morgan fingerprint density at radius 3 is 2.96 bits per heavy atom. The van der Waals surface area contributed by atoms with Gasteiger partial charge >= 0.3 is 6.09 Å². The van der Waals surface area contributed by atoms with Crippen LogP contribution < -0.4 is 5.32 Å². The van der Waals surface area contributed by atoms with Crippen molar-refractivity contribution in [1.82, 2.24) is 9.88 Å². The Morgan fingerprint density at radius 1 is 1.35 bits per heavy atom. The number of fused-ring (bicyclic) bond motifs is 1. The molecule has 1 amide bonds. The highest BCUT2D eigenvalue weighted by atomic mass is 16.6. The SMILES string of the molecule is CC(C)(C)OC(=O)N1CCC(Nc2ccc3ncccc3c2)C1. The van der Waals surface area contributed by atoms with Crippen LogP contribution in [-0.4, -0.2) is 40.7 Å². The fraction of sp³-hybridized carbons (Fsp3) is 0.444. The largest absolute Gasteiger partial charge is 0.444 e. The second kappa shape index (κ2) is 6.07. The number of benzene rings is 1. The minimum Gasteiger partial charge on any atom is -0.444 e. The number of ether oxygens (including phenoxy) is 1. The molecule has 5 heteroatoms. The quantitative estimate of drug-likeness (QED) is 0.919. The van der Waals surface area contributed by atoms with Crippen molar-refractivity contribution in [2.24, 2.45) is 0 Å². The van der Waals surface area contributed by atoms with Crippen LogP contribution in [0.1, 0.15) is 27.2 Å². The molecular weight excluding hydrogens is 290 g/mol. The zero-order valence-corrected chi connectivity index (χ0v) is 13.9. The molecule has 1 aromatic carbocycles. The van der Waals surface area contributed by atoms with Gasteiger partial charge in [0, 0.05) is 36.4 Å². The maximum absolute atomic E-state index is 12.1. The minimum absolute atomic E-state index is 0.232. The molecule has 0 saturated carbocycles. The highest BCUT2D eigenvalue weighted by Gasteiger charge is 2.29. The Hall–Kier alpha value is -2.30. The number of rotatable bonds is 2. The van der Waals surface area contributed by atoms with Crippen LogP contribution >= 0.6 is 0 Å². The molecule has 0 bridgehead atoms. The molecule has 0 radical (unpaired) electrons. The van der Waals surface area contributed by atoms with E-state index >= 15 is 0 Å². The van der Waals surface area contributed by atoms with Crippen LogP contribution in [0.4, 0.5) is 10.5 Å². The molecule has 1 atom stereocenters. The summed E-state index contributed by atoms with van der Waals surface area (Å²) in [5, 5.41) is 4.61. The van der Waals surface area contributed by atoms with Gasteiger partial charge in [-0.3, -0.25) is 4.98 Å². The van der Waals surface area contributed by atoms with Gasteiger partial charge in [0.2, 0.25) is 0 Å². The van der Waals surface area contributed by atoms with Crippen LogP contribution in [-0.2, 0) is 4.74 Å². The Balaban J connectivity index is 1.61. The van der Waals surface area contributed by atoms with Gasteiger partial charge < -0.3 is 15.0 Å². The highest BCUT2D eigenvalue weighted by Crippen LogP contribution is 2.21. The number of hydrogen-bond donors (Lipinski definition) is 1. The first kappa shape index (κ1) is 15.6. The lowest BCUT2D eigenvalue weighted by Crippen LogP contribution is -2.36. The molecule has 1 aliphatic rings. The molecule has 1 saturated heterocycles. The average molecular weight is 313 g/mol. The summed E-state index contributed by atoms with van der Waals surface area (Å²) in [4.78, 5) is 18.2. The molecule has 1 aromatic heterocycles. The molecule has 122 valence electrons. The van der Waals surface area contributed by atoms with Crippen molar-refractivity contribution in [2.75, 3.05) is 18.4 Å². The molecule has 2 aromatic rings. The molecule has 0 aliphatic carbocycles. The van der Waals surface area contributed by atoms with E-state index in [1.807, 2.05) is 39.0 Å². The number of carbonyl (C=O) groups excluding carboxylic acids is 1. The van der Waals surface area contributed by atoms with Gasteiger partial charge in [-0.05, 0) is 51.5 Å². The Labute approximate surface area is 136 Å². The highest BCUT2D eigenvalue weighted by molar-refractivity contribution is 5.82. The first-order valence-corrected chi connectivity index (χ1v) is 8.00. The standard InChI is InChI=1S/C18H23N3O2/c1-18(2,3)23-17(22)21-10-8-15(12-21)20-14-6-7-16-13(11-14)5-4-9-19-16/h4-7,9,11,15,20H,8,10,12H2,1-3H3. The average Bonchev–Trinajstić information content (AvgIpc) is 2.94. The van der Waals surface area contributed by atoms with Crippen LogP contribution in [0.2, 0.25) is 0 Å². The number of amides is 1. The van der Waals surface area contributed by atoms with Gasteiger partial charge in [0.25, 0.3) is 0 Å². The Morgan fingerprint density at radius 2 is 2.17 bits per heavy atom. The predicted molar refractivity (Wildman–Crippen MR) is 91.6 cm³/mol. The lowest BCUT2D eigenvalue weighted by atomic mass is 10.2. The summed E-state index contributed by atoms with van der Waals surface area (Å²) < 4.78 is 5.43. The number of anilines is 1. The Bertz CT molecular complexity index is 709. The van der Waals surface area contributed by atoms with Gasteiger partial charge in [0.15, 0.2) is 0 Å². The fourth-order valence-corrected chi connectivity index (χ4v) is 2.77. The van der Waals surface area contributed by atoms with Gasteiger partial charge in [-0.25, -0.2) is 4.79 Å². The van der Waals surface area contributed by atoms with E-state index in [9.17, 15) is 4.79 Å². The van der Waals surface area contributed by atoms with Crippen LogP contribution in [0.5, 0.6) is 0 Å². The monoisotopic (exact) mass is 313 g/mol. The lowest BCUT2D eigenvalue weighted by Gasteiger charge is -2.24. The van der Waals surface area contributed by atoms with Crippen molar-refractivity contribution in [2.45, 2.75) is 38.8 Å². The molecule has 1 N–H and O–H groups in total. The van der Waals surface area contributed by atoms with Crippen LogP contribution in [0.15, 0.2) is 36.5 Å². The summed E-state index contributed by atoms with van der Waals surface area (Å²) >= 11 is 0. The predicted octanol–water partition coefficient (Wildman–Crippen LogP) is 3.66. The van der Waals surface area contributed by atoms with Gasteiger partial charge in [-0.2, -0.15) is 0 Å². The molecule has 1 fully saturated rings. The van der Waals surface area contributed by atoms with E-state index in [0.717, 1.165) is 29.6 Å². The van der Waals surface area contributed by atoms with Crippen LogP contribution in [0.3, 0.4) is 0 Å². The first-order chi connectivity index (χ1) is 10.9.